The molecule has 0 spiro atoms. The molecule has 17 heavy (non-hydrogen) atoms. The number of rotatable bonds is 4. The molecule has 1 aromatic rings. The van der Waals surface area contributed by atoms with Gasteiger partial charge in [0.15, 0.2) is 0 Å². The maximum Gasteiger partial charge on any atom is 0.0594 e. The fraction of sp³-hybridized carbons (Fsp3) is 0.571. The first-order chi connectivity index (χ1) is 8.25. The van der Waals surface area contributed by atoms with E-state index in [-0.39, 0.29) is 6.04 Å². The molecule has 1 aliphatic heterocycles. The van der Waals surface area contributed by atoms with E-state index < -0.39 is 0 Å². The minimum absolute atomic E-state index is 0.217. The number of benzene rings is 1. The van der Waals surface area contributed by atoms with E-state index in [1.807, 2.05) is 0 Å². The summed E-state index contributed by atoms with van der Waals surface area (Å²) in [6.07, 6.45) is 0.962. The first-order valence-corrected chi connectivity index (χ1v) is 6.36. The van der Waals surface area contributed by atoms with Gasteiger partial charge >= 0.3 is 0 Å². The van der Waals surface area contributed by atoms with Gasteiger partial charge in [0.05, 0.1) is 13.2 Å². The SMILES string of the molecule is Cc1ccccc1CC(N)CN1CCOCC1. The highest BCUT2D eigenvalue weighted by Crippen LogP contribution is 2.10. The molecule has 0 aromatic heterocycles. The summed E-state index contributed by atoms with van der Waals surface area (Å²) in [5.74, 6) is 0. The molecule has 3 heteroatoms. The van der Waals surface area contributed by atoms with Gasteiger partial charge in [-0.15, -0.1) is 0 Å². The second-order valence-electron chi connectivity index (χ2n) is 4.80. The summed E-state index contributed by atoms with van der Waals surface area (Å²) >= 11 is 0. The van der Waals surface area contributed by atoms with Gasteiger partial charge in [-0.2, -0.15) is 0 Å². The zero-order valence-corrected chi connectivity index (χ0v) is 10.6. The molecule has 1 aliphatic rings. The normalized spacial score (nSPS) is 19.2. The molecule has 0 amide bonds. The van der Waals surface area contributed by atoms with Crippen LogP contribution in [-0.2, 0) is 11.2 Å². The minimum Gasteiger partial charge on any atom is -0.379 e. The average molecular weight is 234 g/mol. The predicted octanol–water partition coefficient (Wildman–Crippen LogP) is 1.20. The van der Waals surface area contributed by atoms with Gasteiger partial charge in [-0.25, -0.2) is 0 Å². The van der Waals surface area contributed by atoms with Crippen LogP contribution in [0, 0.1) is 6.92 Å². The van der Waals surface area contributed by atoms with Crippen molar-refractivity contribution < 1.29 is 4.74 Å². The van der Waals surface area contributed by atoms with Crippen LogP contribution in [0.15, 0.2) is 24.3 Å². The summed E-state index contributed by atoms with van der Waals surface area (Å²) < 4.78 is 5.34. The lowest BCUT2D eigenvalue weighted by molar-refractivity contribution is 0.0353. The molecule has 0 bridgehead atoms. The van der Waals surface area contributed by atoms with Gasteiger partial charge in [-0.1, -0.05) is 24.3 Å². The number of aryl methyl sites for hydroxylation is 1. The molecular formula is C14H22N2O. The van der Waals surface area contributed by atoms with Crippen LogP contribution in [0.3, 0.4) is 0 Å². The molecule has 94 valence electrons. The van der Waals surface area contributed by atoms with Crippen molar-refractivity contribution in [3.05, 3.63) is 35.4 Å². The zero-order valence-electron chi connectivity index (χ0n) is 10.6. The molecule has 1 aromatic carbocycles. The molecule has 1 fully saturated rings. The standard InChI is InChI=1S/C14H22N2O/c1-12-4-2-3-5-13(12)10-14(15)11-16-6-8-17-9-7-16/h2-5,14H,6-11,15H2,1H3. The lowest BCUT2D eigenvalue weighted by Gasteiger charge is -2.29. The van der Waals surface area contributed by atoms with E-state index in [1.54, 1.807) is 0 Å². The highest BCUT2D eigenvalue weighted by Gasteiger charge is 2.14. The lowest BCUT2D eigenvalue weighted by atomic mass is 10.0. The zero-order chi connectivity index (χ0) is 12.1. The van der Waals surface area contributed by atoms with E-state index in [1.165, 1.54) is 11.1 Å². The number of hydrogen-bond acceptors (Lipinski definition) is 3. The number of hydrogen-bond donors (Lipinski definition) is 1. The Balaban J connectivity index is 1.84. The Morgan fingerprint density at radius 2 is 2.00 bits per heavy atom. The largest absolute Gasteiger partial charge is 0.379 e. The van der Waals surface area contributed by atoms with Gasteiger partial charge in [-0.05, 0) is 24.5 Å². The van der Waals surface area contributed by atoms with Crippen molar-refractivity contribution in [3.63, 3.8) is 0 Å². The van der Waals surface area contributed by atoms with E-state index in [9.17, 15) is 0 Å². The third kappa shape index (κ3) is 3.80. The molecule has 1 atom stereocenters. The van der Waals surface area contributed by atoms with Crippen LogP contribution in [0.2, 0.25) is 0 Å². The van der Waals surface area contributed by atoms with Crippen molar-refractivity contribution in [2.24, 2.45) is 5.73 Å². The molecule has 1 saturated heterocycles. The number of nitrogens with two attached hydrogens (primary N) is 1. The van der Waals surface area contributed by atoms with E-state index in [2.05, 4.69) is 36.1 Å². The Hall–Kier alpha value is -0.900. The van der Waals surface area contributed by atoms with Crippen molar-refractivity contribution in [2.75, 3.05) is 32.8 Å². The fourth-order valence-electron chi connectivity index (χ4n) is 2.30. The topological polar surface area (TPSA) is 38.5 Å². The highest BCUT2D eigenvalue weighted by atomic mass is 16.5. The Kier molecular flexibility index (Phi) is 4.54. The maximum atomic E-state index is 6.22. The van der Waals surface area contributed by atoms with Gasteiger partial charge in [0, 0.05) is 25.7 Å². The van der Waals surface area contributed by atoms with Gasteiger partial charge in [0.25, 0.3) is 0 Å². The molecule has 3 nitrogen and oxygen atoms in total. The van der Waals surface area contributed by atoms with E-state index in [0.29, 0.717) is 0 Å². The quantitative estimate of drug-likeness (QED) is 0.850. The van der Waals surface area contributed by atoms with Gasteiger partial charge in [0.1, 0.15) is 0 Å². The van der Waals surface area contributed by atoms with E-state index in [4.69, 9.17) is 10.5 Å². The van der Waals surface area contributed by atoms with Crippen molar-refractivity contribution in [1.29, 1.82) is 0 Å². The van der Waals surface area contributed by atoms with Gasteiger partial charge < -0.3 is 10.5 Å². The summed E-state index contributed by atoms with van der Waals surface area (Å²) in [6.45, 7) is 6.84. The summed E-state index contributed by atoms with van der Waals surface area (Å²) in [7, 11) is 0. The van der Waals surface area contributed by atoms with Crippen LogP contribution in [0.4, 0.5) is 0 Å². The second-order valence-corrected chi connectivity index (χ2v) is 4.80. The first-order valence-electron chi connectivity index (χ1n) is 6.36. The molecule has 0 radical (unpaired) electrons. The molecule has 2 rings (SSSR count). The molecule has 2 N–H and O–H groups in total. The summed E-state index contributed by atoms with van der Waals surface area (Å²) in [6, 6.07) is 8.70. The van der Waals surface area contributed by atoms with Gasteiger partial charge in [0.2, 0.25) is 0 Å². The van der Waals surface area contributed by atoms with Crippen molar-refractivity contribution >= 4 is 0 Å². The van der Waals surface area contributed by atoms with Crippen LogP contribution >= 0.6 is 0 Å². The summed E-state index contributed by atoms with van der Waals surface area (Å²) in [4.78, 5) is 2.40. The van der Waals surface area contributed by atoms with Gasteiger partial charge in [-0.3, -0.25) is 4.90 Å². The number of ether oxygens (including phenoxy) is 1. The third-order valence-electron chi connectivity index (χ3n) is 3.34. The average Bonchev–Trinajstić information content (AvgIpc) is 2.33. The van der Waals surface area contributed by atoms with E-state index in [0.717, 1.165) is 39.3 Å². The lowest BCUT2D eigenvalue weighted by Crippen LogP contribution is -2.44. The Labute approximate surface area is 104 Å². The summed E-state index contributed by atoms with van der Waals surface area (Å²) in [5, 5.41) is 0. The van der Waals surface area contributed by atoms with Crippen molar-refractivity contribution in [1.82, 2.24) is 4.90 Å². The molecule has 0 aliphatic carbocycles. The molecular weight excluding hydrogens is 212 g/mol. The van der Waals surface area contributed by atoms with E-state index >= 15 is 0 Å². The molecule has 1 heterocycles. The smallest absolute Gasteiger partial charge is 0.0594 e. The summed E-state index contributed by atoms with van der Waals surface area (Å²) in [5.41, 5.74) is 8.93. The Bertz CT molecular complexity index is 348. The number of morpholine rings is 1. The monoisotopic (exact) mass is 234 g/mol. The number of nitrogens with zero attached hydrogens (tertiary/aromatic N) is 1. The third-order valence-corrected chi connectivity index (χ3v) is 3.34. The highest BCUT2D eigenvalue weighted by molar-refractivity contribution is 5.26. The molecule has 0 saturated carbocycles. The first kappa shape index (κ1) is 12.6. The van der Waals surface area contributed by atoms with Crippen molar-refractivity contribution in [3.8, 4) is 0 Å². The van der Waals surface area contributed by atoms with Crippen LogP contribution in [-0.4, -0.2) is 43.8 Å². The Morgan fingerprint density at radius 1 is 1.29 bits per heavy atom. The van der Waals surface area contributed by atoms with Crippen LogP contribution in [0.5, 0.6) is 0 Å². The maximum absolute atomic E-state index is 6.22. The van der Waals surface area contributed by atoms with Crippen LogP contribution in [0.25, 0.3) is 0 Å². The predicted molar refractivity (Wildman–Crippen MR) is 70.1 cm³/mol. The second kappa shape index (κ2) is 6.15. The van der Waals surface area contributed by atoms with Crippen LogP contribution < -0.4 is 5.73 Å². The minimum atomic E-state index is 0.217. The Morgan fingerprint density at radius 3 is 2.71 bits per heavy atom. The fourth-order valence-corrected chi connectivity index (χ4v) is 2.30. The van der Waals surface area contributed by atoms with Crippen LogP contribution in [0.1, 0.15) is 11.1 Å². The van der Waals surface area contributed by atoms with Crippen molar-refractivity contribution in [2.45, 2.75) is 19.4 Å². The molecule has 1 unspecified atom stereocenters.